The van der Waals surface area contributed by atoms with Gasteiger partial charge in [0.05, 0.1) is 0 Å². The lowest BCUT2D eigenvalue weighted by molar-refractivity contribution is -0.122. The summed E-state index contributed by atoms with van der Waals surface area (Å²) in [5, 5.41) is 7.84. The second-order valence-corrected chi connectivity index (χ2v) is 1.89. The molecule has 0 radical (unpaired) electrons. The summed E-state index contributed by atoms with van der Waals surface area (Å²) in [5.41, 5.74) is 0. The first-order valence-corrected chi connectivity index (χ1v) is 2.92. The molecule has 0 aromatic carbocycles. The van der Waals surface area contributed by atoms with E-state index in [9.17, 15) is 18.0 Å². The third kappa shape index (κ3) is 4.37. The molecule has 0 aliphatic rings. The van der Waals surface area contributed by atoms with Gasteiger partial charge in [-0.05, 0) is 0 Å². The number of carbonyl (C=O) groups is 1. The van der Waals surface area contributed by atoms with E-state index in [1.807, 2.05) is 0 Å². The van der Waals surface area contributed by atoms with E-state index in [1.54, 1.807) is 0 Å². The lowest BCUT2D eigenvalue weighted by atomic mass is 10.1. The normalized spacial score (nSPS) is 12.6. The number of hydrogen-bond acceptors (Lipinski definition) is 2. The van der Waals surface area contributed by atoms with E-state index in [0.29, 0.717) is 0 Å². The minimum Gasteiger partial charge on any atom is -0.295 e. The van der Waals surface area contributed by atoms with Crippen molar-refractivity contribution in [2.45, 2.75) is 25.4 Å². The summed E-state index contributed by atoms with van der Waals surface area (Å²) < 4.78 is 34.8. The lowest BCUT2D eigenvalue weighted by Gasteiger charge is -1.97. The highest BCUT2D eigenvalue weighted by Gasteiger charge is 2.17. The summed E-state index contributed by atoms with van der Waals surface area (Å²) in [6.45, 7) is 0. The van der Waals surface area contributed by atoms with Crippen LogP contribution in [-0.2, 0) is 4.79 Å². The number of hydrogen-bond donors (Lipinski definition) is 0. The molecule has 62 valence electrons. The molecule has 1 unspecified atom stereocenters. The Bertz CT molecular complexity index is 175. The van der Waals surface area contributed by atoms with Crippen molar-refractivity contribution in [3.8, 4) is 6.07 Å². The molecule has 0 spiro atoms. The van der Waals surface area contributed by atoms with E-state index < -0.39 is 31.2 Å². The standard InChI is InChI=1S/C6H6F3NO/c7-4(3-10)5(11)1-2-6(8)9/h4,6H,1-2H2. The minimum atomic E-state index is -2.62. The molecule has 0 saturated carbocycles. The molecule has 0 amide bonds. The number of rotatable bonds is 4. The van der Waals surface area contributed by atoms with Gasteiger partial charge in [-0.2, -0.15) is 5.26 Å². The van der Waals surface area contributed by atoms with Crippen LogP contribution in [0, 0.1) is 11.3 Å². The van der Waals surface area contributed by atoms with Crippen LogP contribution in [0.1, 0.15) is 12.8 Å². The van der Waals surface area contributed by atoms with Crippen LogP contribution < -0.4 is 0 Å². The van der Waals surface area contributed by atoms with Gasteiger partial charge in [-0.15, -0.1) is 0 Å². The molecule has 0 aliphatic heterocycles. The number of Topliss-reactive ketones (excluding diaryl/α,β-unsaturated/α-hetero) is 1. The second kappa shape index (κ2) is 4.72. The average Bonchev–Trinajstić information content (AvgIpc) is 1.98. The molecule has 0 aromatic heterocycles. The summed E-state index contributed by atoms with van der Waals surface area (Å²) in [5.74, 6) is -1.08. The minimum absolute atomic E-state index is 0.577. The van der Waals surface area contributed by atoms with E-state index >= 15 is 0 Å². The van der Waals surface area contributed by atoms with Crippen LogP contribution in [0.3, 0.4) is 0 Å². The molecule has 0 bridgehead atoms. The zero-order chi connectivity index (χ0) is 8.85. The fourth-order valence-electron chi connectivity index (χ4n) is 0.450. The van der Waals surface area contributed by atoms with Gasteiger partial charge in [0.2, 0.25) is 12.6 Å². The molecule has 2 nitrogen and oxygen atoms in total. The van der Waals surface area contributed by atoms with Gasteiger partial charge in [0.1, 0.15) is 6.07 Å². The number of halogens is 3. The van der Waals surface area contributed by atoms with Crippen LogP contribution in [0.4, 0.5) is 13.2 Å². The Morgan fingerprint density at radius 1 is 1.45 bits per heavy atom. The molecule has 5 heteroatoms. The number of nitrogens with zero attached hydrogens (tertiary/aromatic N) is 1. The maximum absolute atomic E-state index is 12.0. The topological polar surface area (TPSA) is 40.9 Å². The molecular formula is C6H6F3NO. The van der Waals surface area contributed by atoms with E-state index in [-0.39, 0.29) is 0 Å². The molecule has 0 aromatic rings. The highest BCUT2D eigenvalue weighted by atomic mass is 19.3. The molecule has 0 saturated heterocycles. The van der Waals surface area contributed by atoms with E-state index in [4.69, 9.17) is 5.26 Å². The van der Waals surface area contributed by atoms with Gasteiger partial charge in [-0.3, -0.25) is 4.79 Å². The van der Waals surface area contributed by atoms with Crippen LogP contribution >= 0.6 is 0 Å². The third-order valence-electron chi connectivity index (χ3n) is 1.00. The Balaban J connectivity index is 3.63. The highest BCUT2D eigenvalue weighted by molar-refractivity contribution is 5.85. The Hall–Kier alpha value is -1.05. The third-order valence-corrected chi connectivity index (χ3v) is 1.00. The molecule has 0 N–H and O–H groups in total. The summed E-state index contributed by atoms with van der Waals surface area (Å²) in [6, 6.07) is 1.03. The maximum Gasteiger partial charge on any atom is 0.243 e. The number of carbonyl (C=O) groups excluding carboxylic acids is 1. The molecule has 1 atom stereocenters. The summed E-state index contributed by atoms with van der Waals surface area (Å²) in [6.07, 6.45) is -6.13. The summed E-state index contributed by atoms with van der Waals surface area (Å²) >= 11 is 0. The molecule has 0 heterocycles. The number of nitriles is 1. The van der Waals surface area contributed by atoms with Gasteiger partial charge < -0.3 is 0 Å². The van der Waals surface area contributed by atoms with Crippen molar-refractivity contribution in [2.75, 3.05) is 0 Å². The molecule has 0 aliphatic carbocycles. The largest absolute Gasteiger partial charge is 0.295 e. The maximum atomic E-state index is 12.0. The highest BCUT2D eigenvalue weighted by Crippen LogP contribution is 2.06. The van der Waals surface area contributed by atoms with Gasteiger partial charge >= 0.3 is 0 Å². The van der Waals surface area contributed by atoms with Crippen LogP contribution in [0.15, 0.2) is 0 Å². The Kier molecular flexibility index (Phi) is 4.27. The second-order valence-electron chi connectivity index (χ2n) is 1.89. The zero-order valence-corrected chi connectivity index (χ0v) is 5.56. The molecular weight excluding hydrogens is 159 g/mol. The first-order chi connectivity index (χ1) is 5.07. The average molecular weight is 165 g/mol. The predicted octanol–water partition coefficient (Wildman–Crippen LogP) is 1.46. The van der Waals surface area contributed by atoms with Crippen molar-refractivity contribution in [2.24, 2.45) is 0 Å². The van der Waals surface area contributed by atoms with Gasteiger partial charge in [0.25, 0.3) is 0 Å². The van der Waals surface area contributed by atoms with E-state index in [1.165, 1.54) is 0 Å². The first-order valence-electron chi connectivity index (χ1n) is 2.92. The van der Waals surface area contributed by atoms with Crippen molar-refractivity contribution in [3.05, 3.63) is 0 Å². The van der Waals surface area contributed by atoms with Gasteiger partial charge in [0, 0.05) is 12.8 Å². The van der Waals surface area contributed by atoms with Crippen LogP contribution in [0.5, 0.6) is 0 Å². The number of ketones is 1. The van der Waals surface area contributed by atoms with Gasteiger partial charge in [-0.25, -0.2) is 13.2 Å². The van der Waals surface area contributed by atoms with Crippen LogP contribution in [0.25, 0.3) is 0 Å². The van der Waals surface area contributed by atoms with E-state index in [2.05, 4.69) is 0 Å². The van der Waals surface area contributed by atoms with Crippen molar-refractivity contribution in [1.82, 2.24) is 0 Å². The SMILES string of the molecule is N#CC(F)C(=O)CCC(F)F. The van der Waals surface area contributed by atoms with E-state index in [0.717, 1.165) is 6.07 Å². The zero-order valence-electron chi connectivity index (χ0n) is 5.56. The van der Waals surface area contributed by atoms with Gasteiger partial charge in [-0.1, -0.05) is 0 Å². The fraction of sp³-hybridized carbons (Fsp3) is 0.667. The quantitative estimate of drug-likeness (QED) is 0.632. The summed E-state index contributed by atoms with van der Waals surface area (Å²) in [4.78, 5) is 10.3. The molecule has 0 fully saturated rings. The van der Waals surface area contributed by atoms with Crippen molar-refractivity contribution < 1.29 is 18.0 Å². The van der Waals surface area contributed by atoms with Crippen LogP contribution in [-0.4, -0.2) is 18.4 Å². The Morgan fingerprint density at radius 2 is 2.00 bits per heavy atom. The monoisotopic (exact) mass is 165 g/mol. The fourth-order valence-corrected chi connectivity index (χ4v) is 0.450. The number of alkyl halides is 3. The Morgan fingerprint density at radius 3 is 2.36 bits per heavy atom. The lowest BCUT2D eigenvalue weighted by Crippen LogP contribution is -2.13. The molecule has 11 heavy (non-hydrogen) atoms. The smallest absolute Gasteiger partial charge is 0.243 e. The van der Waals surface area contributed by atoms with Crippen molar-refractivity contribution >= 4 is 5.78 Å². The Labute approximate surface area is 61.6 Å². The van der Waals surface area contributed by atoms with Crippen LogP contribution in [0.2, 0.25) is 0 Å². The molecule has 0 rings (SSSR count). The first kappa shape index (κ1) is 9.95. The predicted molar refractivity (Wildman–Crippen MR) is 30.8 cm³/mol. The van der Waals surface area contributed by atoms with Crippen molar-refractivity contribution in [3.63, 3.8) is 0 Å². The summed E-state index contributed by atoms with van der Waals surface area (Å²) in [7, 11) is 0. The van der Waals surface area contributed by atoms with Crippen molar-refractivity contribution in [1.29, 1.82) is 5.26 Å². The van der Waals surface area contributed by atoms with Gasteiger partial charge in [0.15, 0.2) is 5.78 Å².